The van der Waals surface area contributed by atoms with Crippen LogP contribution in [0.1, 0.15) is 50.5 Å². The quantitative estimate of drug-likeness (QED) is 0.420. The predicted octanol–water partition coefficient (Wildman–Crippen LogP) is 6.14. The molecule has 1 saturated heterocycles. The van der Waals surface area contributed by atoms with E-state index in [-0.39, 0.29) is 16.8 Å². The first-order valence-corrected chi connectivity index (χ1v) is 14.6. The summed E-state index contributed by atoms with van der Waals surface area (Å²) in [6, 6.07) is 11.0. The molecule has 1 heterocycles. The number of rotatable bonds is 9. The van der Waals surface area contributed by atoms with Gasteiger partial charge in [-0.25, -0.2) is 17.5 Å². The van der Waals surface area contributed by atoms with E-state index in [1.54, 1.807) is 37.4 Å². The minimum Gasteiger partial charge on any atom is -0.496 e. The molecular formula is C28H36ClFN2O3S. The Bertz CT molecular complexity index is 1140. The standard InChI is InChI=1S/C28H36ClFN2O3S/c1-20(27-12-7-24(30)19-28(27)35-2)22-14-17-32(18-15-22)16-13-21-3-8-25(9-4-21)31-36(33,34)26-10-5-23(29)6-11-26/h5-7,10-12,19,21-22,25,31H,1,3-4,8-9,13-18H2,2H3. The molecule has 1 aliphatic heterocycles. The molecular weight excluding hydrogens is 499 g/mol. The summed E-state index contributed by atoms with van der Waals surface area (Å²) in [6.45, 7) is 7.45. The maximum Gasteiger partial charge on any atom is 0.240 e. The lowest BCUT2D eigenvalue weighted by Crippen LogP contribution is -2.39. The maximum atomic E-state index is 13.6. The van der Waals surface area contributed by atoms with Gasteiger partial charge < -0.3 is 9.64 Å². The van der Waals surface area contributed by atoms with Gasteiger partial charge in [-0.2, -0.15) is 0 Å². The van der Waals surface area contributed by atoms with Crippen LogP contribution in [0.15, 0.2) is 53.9 Å². The van der Waals surface area contributed by atoms with Gasteiger partial charge in [-0.05, 0) is 118 Å². The molecule has 2 aliphatic rings. The van der Waals surface area contributed by atoms with Gasteiger partial charge in [-0.15, -0.1) is 0 Å². The molecule has 0 atom stereocenters. The Morgan fingerprint density at radius 3 is 2.39 bits per heavy atom. The number of nitrogens with one attached hydrogen (secondary N) is 1. The second-order valence-electron chi connectivity index (χ2n) is 10.1. The Labute approximate surface area is 219 Å². The van der Waals surface area contributed by atoms with Crippen molar-refractivity contribution in [1.82, 2.24) is 9.62 Å². The van der Waals surface area contributed by atoms with Gasteiger partial charge in [0.15, 0.2) is 0 Å². The van der Waals surface area contributed by atoms with Gasteiger partial charge in [0, 0.05) is 22.7 Å². The van der Waals surface area contributed by atoms with Crippen molar-refractivity contribution in [2.75, 3.05) is 26.7 Å². The summed E-state index contributed by atoms with van der Waals surface area (Å²) >= 11 is 5.88. The van der Waals surface area contributed by atoms with Crippen molar-refractivity contribution in [2.45, 2.75) is 55.9 Å². The number of piperidine rings is 1. The number of likely N-dealkylation sites (tertiary alicyclic amines) is 1. The van der Waals surface area contributed by atoms with Crippen LogP contribution in [0.25, 0.3) is 5.57 Å². The molecule has 1 saturated carbocycles. The van der Waals surface area contributed by atoms with E-state index in [1.807, 2.05) is 0 Å². The van der Waals surface area contributed by atoms with Crippen LogP contribution in [0, 0.1) is 17.7 Å². The van der Waals surface area contributed by atoms with Crippen molar-refractivity contribution in [3.05, 3.63) is 65.4 Å². The van der Waals surface area contributed by atoms with Crippen LogP contribution in [0.2, 0.25) is 5.02 Å². The monoisotopic (exact) mass is 534 g/mol. The van der Waals surface area contributed by atoms with E-state index in [4.69, 9.17) is 16.3 Å². The van der Waals surface area contributed by atoms with Gasteiger partial charge in [0.1, 0.15) is 11.6 Å². The molecule has 2 aromatic rings. The Kier molecular flexibility index (Phi) is 9.10. The number of hydrogen-bond donors (Lipinski definition) is 1. The average molecular weight is 535 g/mol. The molecule has 0 aromatic heterocycles. The first-order valence-electron chi connectivity index (χ1n) is 12.8. The number of ether oxygens (including phenoxy) is 1. The number of nitrogens with zero attached hydrogens (tertiary/aromatic N) is 1. The van der Waals surface area contributed by atoms with Crippen LogP contribution in [0.3, 0.4) is 0 Å². The molecule has 8 heteroatoms. The first kappa shape index (κ1) is 27.1. The Hall–Kier alpha value is -1.93. The van der Waals surface area contributed by atoms with Crippen molar-refractivity contribution in [1.29, 1.82) is 0 Å². The van der Waals surface area contributed by atoms with Crippen molar-refractivity contribution >= 4 is 27.2 Å². The molecule has 4 rings (SSSR count). The Morgan fingerprint density at radius 1 is 1.08 bits per heavy atom. The second-order valence-corrected chi connectivity index (χ2v) is 12.2. The molecule has 0 radical (unpaired) electrons. The minimum absolute atomic E-state index is 0.00728. The summed E-state index contributed by atoms with van der Waals surface area (Å²) in [7, 11) is -1.95. The van der Waals surface area contributed by atoms with Crippen LogP contribution in [-0.2, 0) is 10.0 Å². The summed E-state index contributed by atoms with van der Waals surface area (Å²) in [5.74, 6) is 1.27. The number of hydrogen-bond acceptors (Lipinski definition) is 4. The van der Waals surface area contributed by atoms with Crippen molar-refractivity contribution in [3.63, 3.8) is 0 Å². The highest BCUT2D eigenvalue weighted by Gasteiger charge is 2.27. The van der Waals surface area contributed by atoms with Crippen molar-refractivity contribution in [3.8, 4) is 5.75 Å². The molecule has 2 fully saturated rings. The van der Waals surface area contributed by atoms with Crippen molar-refractivity contribution < 1.29 is 17.5 Å². The lowest BCUT2D eigenvalue weighted by Gasteiger charge is -2.35. The largest absolute Gasteiger partial charge is 0.496 e. The second kappa shape index (κ2) is 12.1. The van der Waals surface area contributed by atoms with Crippen LogP contribution in [0.4, 0.5) is 4.39 Å². The third kappa shape index (κ3) is 6.88. The summed E-state index contributed by atoms with van der Waals surface area (Å²) < 4.78 is 47.1. The van der Waals surface area contributed by atoms with Crippen LogP contribution < -0.4 is 9.46 Å². The van der Waals surface area contributed by atoms with Crippen LogP contribution >= 0.6 is 11.6 Å². The number of halogens is 2. The summed E-state index contributed by atoms with van der Waals surface area (Å²) in [4.78, 5) is 2.79. The average Bonchev–Trinajstić information content (AvgIpc) is 2.88. The SMILES string of the molecule is C=C(c1ccc(F)cc1OC)C1CCN(CCC2CCC(NS(=O)(=O)c3ccc(Cl)cc3)CC2)CC1. The topological polar surface area (TPSA) is 58.6 Å². The number of sulfonamides is 1. The van der Waals surface area contributed by atoms with E-state index in [9.17, 15) is 12.8 Å². The van der Waals surface area contributed by atoms with Gasteiger partial charge in [-0.3, -0.25) is 0 Å². The predicted molar refractivity (Wildman–Crippen MR) is 143 cm³/mol. The fourth-order valence-electron chi connectivity index (χ4n) is 5.49. The summed E-state index contributed by atoms with van der Waals surface area (Å²) in [6.07, 6.45) is 7.07. The third-order valence-corrected chi connectivity index (χ3v) is 9.52. The van der Waals surface area contributed by atoms with E-state index in [2.05, 4.69) is 16.2 Å². The van der Waals surface area contributed by atoms with E-state index in [0.29, 0.717) is 22.6 Å². The summed E-state index contributed by atoms with van der Waals surface area (Å²) in [5, 5.41) is 0.525. The zero-order valence-corrected chi connectivity index (χ0v) is 22.5. The number of benzene rings is 2. The Balaban J connectivity index is 1.18. The first-order chi connectivity index (χ1) is 17.2. The Morgan fingerprint density at radius 2 is 1.75 bits per heavy atom. The van der Waals surface area contributed by atoms with Gasteiger partial charge in [0.05, 0.1) is 12.0 Å². The van der Waals surface area contributed by atoms with Crippen LogP contribution in [0.5, 0.6) is 5.75 Å². The highest BCUT2D eigenvalue weighted by atomic mass is 35.5. The highest BCUT2D eigenvalue weighted by molar-refractivity contribution is 7.89. The van der Waals surface area contributed by atoms with E-state index in [0.717, 1.165) is 75.7 Å². The van der Waals surface area contributed by atoms with Gasteiger partial charge in [-0.1, -0.05) is 18.2 Å². The number of allylic oxidation sites excluding steroid dienone is 1. The zero-order valence-electron chi connectivity index (χ0n) is 20.9. The van der Waals surface area contributed by atoms with E-state index in [1.165, 1.54) is 12.1 Å². The number of methoxy groups -OCH3 is 1. The lowest BCUT2D eigenvalue weighted by molar-refractivity contribution is 0.181. The molecule has 2 aromatic carbocycles. The maximum absolute atomic E-state index is 13.6. The van der Waals surface area contributed by atoms with E-state index < -0.39 is 10.0 Å². The molecule has 0 amide bonds. The molecule has 196 valence electrons. The molecule has 1 aliphatic carbocycles. The molecule has 0 unspecified atom stereocenters. The molecule has 1 N–H and O–H groups in total. The van der Waals surface area contributed by atoms with Gasteiger partial charge >= 0.3 is 0 Å². The van der Waals surface area contributed by atoms with Crippen molar-refractivity contribution in [2.24, 2.45) is 11.8 Å². The smallest absolute Gasteiger partial charge is 0.240 e. The fraction of sp³-hybridized carbons (Fsp3) is 0.500. The van der Waals surface area contributed by atoms with E-state index >= 15 is 0 Å². The molecule has 5 nitrogen and oxygen atoms in total. The summed E-state index contributed by atoms with van der Waals surface area (Å²) in [5.41, 5.74) is 1.94. The van der Waals surface area contributed by atoms with Gasteiger partial charge in [0.2, 0.25) is 10.0 Å². The zero-order chi connectivity index (χ0) is 25.7. The fourth-order valence-corrected chi connectivity index (χ4v) is 6.92. The normalized spacial score (nSPS) is 21.9. The highest BCUT2D eigenvalue weighted by Crippen LogP contribution is 2.36. The lowest BCUT2D eigenvalue weighted by atomic mass is 9.83. The van der Waals surface area contributed by atoms with Gasteiger partial charge in [0.25, 0.3) is 0 Å². The minimum atomic E-state index is -3.51. The molecule has 0 bridgehead atoms. The van der Waals surface area contributed by atoms with Crippen LogP contribution in [-0.4, -0.2) is 46.1 Å². The molecule has 36 heavy (non-hydrogen) atoms. The third-order valence-electron chi connectivity index (χ3n) is 7.74. The molecule has 0 spiro atoms.